The summed E-state index contributed by atoms with van der Waals surface area (Å²) in [6.45, 7) is 1.46. The van der Waals surface area contributed by atoms with Crippen LogP contribution in [0.25, 0.3) is 27.7 Å². The molecule has 0 atom stereocenters. The van der Waals surface area contributed by atoms with E-state index in [0.717, 1.165) is 23.7 Å². The molecule has 9 nitrogen and oxygen atoms in total. The second kappa shape index (κ2) is 11.8. The molecule has 1 N–H and O–H groups in total. The summed E-state index contributed by atoms with van der Waals surface area (Å²) >= 11 is 0. The van der Waals surface area contributed by atoms with Crippen LogP contribution in [0.5, 0.6) is 11.5 Å². The van der Waals surface area contributed by atoms with E-state index < -0.39 is 5.97 Å². The molecule has 4 rings (SSSR count). The third-order valence-corrected chi connectivity index (χ3v) is 6.23. The smallest absolute Gasteiger partial charge is 0.358 e. The van der Waals surface area contributed by atoms with E-state index in [1.807, 2.05) is 62.6 Å². The minimum atomic E-state index is -0.572. The minimum absolute atomic E-state index is 0.127. The van der Waals surface area contributed by atoms with Crippen LogP contribution in [0.4, 0.5) is 0 Å². The average Bonchev–Trinajstić information content (AvgIpc) is 3.38. The van der Waals surface area contributed by atoms with E-state index in [1.54, 1.807) is 31.0 Å². The van der Waals surface area contributed by atoms with Crippen molar-refractivity contribution in [2.75, 3.05) is 48.5 Å². The van der Waals surface area contributed by atoms with Crippen LogP contribution >= 0.6 is 0 Å². The molecular formula is C29H32N4O5. The van der Waals surface area contributed by atoms with Gasteiger partial charge in [-0.25, -0.2) is 9.48 Å². The first-order chi connectivity index (χ1) is 18.4. The third-order valence-electron chi connectivity index (χ3n) is 6.23. The molecule has 0 saturated carbocycles. The molecule has 1 heterocycles. The van der Waals surface area contributed by atoms with Gasteiger partial charge in [0.25, 0.3) is 5.91 Å². The van der Waals surface area contributed by atoms with Crippen LogP contribution in [-0.2, 0) is 4.74 Å². The number of benzene rings is 3. The molecule has 0 spiro atoms. The number of hydrogen-bond donors (Lipinski definition) is 1. The van der Waals surface area contributed by atoms with Gasteiger partial charge in [0, 0.05) is 17.5 Å². The van der Waals surface area contributed by atoms with Gasteiger partial charge in [-0.05, 0) is 62.8 Å². The lowest BCUT2D eigenvalue weighted by Crippen LogP contribution is -2.27. The number of esters is 1. The average molecular weight is 517 g/mol. The standard InChI is InChI=1S/C29H32N4O5/c1-32(2)17-9-16-30-28(34)21-14-15-23(20-11-7-6-10-19(20)21)33-24(18-22(31-33)29(35)38-5)27-25(36-3)12-8-13-26(27)37-4/h6-8,10-15,18H,9,16-17H2,1-5H3,(H,30,34). The fourth-order valence-electron chi connectivity index (χ4n) is 4.41. The number of nitrogens with zero attached hydrogens (tertiary/aromatic N) is 3. The molecule has 9 heteroatoms. The number of amides is 1. The summed E-state index contributed by atoms with van der Waals surface area (Å²) in [4.78, 5) is 27.7. The Labute approximate surface area is 221 Å². The Bertz CT molecular complexity index is 1440. The Kier molecular flexibility index (Phi) is 8.28. The number of nitrogens with one attached hydrogen (secondary N) is 1. The molecule has 38 heavy (non-hydrogen) atoms. The van der Waals surface area contributed by atoms with Crippen LogP contribution in [0.1, 0.15) is 27.3 Å². The molecule has 0 radical (unpaired) electrons. The SMILES string of the molecule is COC(=O)c1cc(-c2c(OC)cccc2OC)n(-c2ccc(C(=O)NCCCN(C)C)c3ccccc23)n1. The first-order valence-corrected chi connectivity index (χ1v) is 12.2. The van der Waals surface area contributed by atoms with E-state index in [4.69, 9.17) is 14.2 Å². The number of ether oxygens (including phenoxy) is 3. The van der Waals surface area contributed by atoms with Gasteiger partial charge in [-0.2, -0.15) is 5.10 Å². The Morgan fingerprint density at radius 3 is 2.24 bits per heavy atom. The monoisotopic (exact) mass is 516 g/mol. The van der Waals surface area contributed by atoms with Crippen LogP contribution in [-0.4, -0.2) is 75.1 Å². The van der Waals surface area contributed by atoms with E-state index in [0.29, 0.717) is 40.6 Å². The van der Waals surface area contributed by atoms with Crippen LogP contribution < -0.4 is 14.8 Å². The van der Waals surface area contributed by atoms with E-state index in [1.165, 1.54) is 7.11 Å². The Balaban J connectivity index is 1.87. The second-order valence-electron chi connectivity index (χ2n) is 8.95. The summed E-state index contributed by atoms with van der Waals surface area (Å²) in [6.07, 6.45) is 0.850. The number of carbonyl (C=O) groups excluding carboxylic acids is 2. The highest BCUT2D eigenvalue weighted by atomic mass is 16.5. The highest BCUT2D eigenvalue weighted by Crippen LogP contribution is 2.40. The summed E-state index contributed by atoms with van der Waals surface area (Å²) in [5.74, 6) is 0.394. The van der Waals surface area contributed by atoms with Crippen LogP contribution in [0.3, 0.4) is 0 Å². The summed E-state index contributed by atoms with van der Waals surface area (Å²) in [5, 5.41) is 9.18. The van der Waals surface area contributed by atoms with E-state index in [-0.39, 0.29) is 11.6 Å². The molecule has 3 aromatic carbocycles. The number of fused-ring (bicyclic) bond motifs is 1. The van der Waals surface area contributed by atoms with E-state index in [2.05, 4.69) is 15.3 Å². The number of aromatic nitrogens is 2. The van der Waals surface area contributed by atoms with Gasteiger partial charge >= 0.3 is 5.97 Å². The molecule has 0 aliphatic carbocycles. The second-order valence-corrected chi connectivity index (χ2v) is 8.95. The number of methoxy groups -OCH3 is 3. The summed E-state index contributed by atoms with van der Waals surface area (Å²) < 4.78 is 17.9. The van der Waals surface area contributed by atoms with Crippen molar-refractivity contribution in [3.63, 3.8) is 0 Å². The van der Waals surface area contributed by atoms with Crippen molar-refractivity contribution in [1.82, 2.24) is 20.0 Å². The zero-order chi connectivity index (χ0) is 27.2. The molecule has 0 fully saturated rings. The fourth-order valence-corrected chi connectivity index (χ4v) is 4.41. The van der Waals surface area contributed by atoms with Crippen molar-refractivity contribution in [1.29, 1.82) is 0 Å². The molecule has 1 aromatic heterocycles. The van der Waals surface area contributed by atoms with Gasteiger partial charge in [0.15, 0.2) is 5.69 Å². The largest absolute Gasteiger partial charge is 0.496 e. The molecule has 4 aromatic rings. The first-order valence-electron chi connectivity index (χ1n) is 12.2. The Morgan fingerprint density at radius 2 is 1.61 bits per heavy atom. The van der Waals surface area contributed by atoms with Crippen molar-refractivity contribution < 1.29 is 23.8 Å². The van der Waals surface area contributed by atoms with Crippen molar-refractivity contribution in [2.24, 2.45) is 0 Å². The minimum Gasteiger partial charge on any atom is -0.496 e. The van der Waals surface area contributed by atoms with Crippen molar-refractivity contribution in [3.8, 4) is 28.4 Å². The quantitative estimate of drug-likeness (QED) is 0.250. The number of carbonyl (C=O) groups is 2. The lowest BCUT2D eigenvalue weighted by Gasteiger charge is -2.17. The summed E-state index contributed by atoms with van der Waals surface area (Å²) in [6, 6.07) is 18.3. The Morgan fingerprint density at radius 1 is 0.921 bits per heavy atom. The van der Waals surface area contributed by atoms with E-state index in [9.17, 15) is 9.59 Å². The summed E-state index contributed by atoms with van der Waals surface area (Å²) in [7, 11) is 8.46. The number of rotatable bonds is 10. The molecule has 0 saturated heterocycles. The normalized spacial score (nSPS) is 11.0. The van der Waals surface area contributed by atoms with Gasteiger partial charge in [-0.3, -0.25) is 4.79 Å². The topological polar surface area (TPSA) is 94.9 Å². The molecule has 1 amide bonds. The van der Waals surface area contributed by atoms with Gasteiger partial charge in [0.1, 0.15) is 11.5 Å². The molecule has 0 aliphatic heterocycles. The van der Waals surface area contributed by atoms with Gasteiger partial charge in [0.2, 0.25) is 0 Å². The van der Waals surface area contributed by atoms with Crippen LogP contribution in [0, 0.1) is 0 Å². The highest BCUT2D eigenvalue weighted by molar-refractivity contribution is 6.09. The zero-order valence-corrected chi connectivity index (χ0v) is 22.3. The van der Waals surface area contributed by atoms with E-state index >= 15 is 0 Å². The van der Waals surface area contributed by atoms with Crippen molar-refractivity contribution in [3.05, 3.63) is 71.9 Å². The highest BCUT2D eigenvalue weighted by Gasteiger charge is 2.24. The lowest BCUT2D eigenvalue weighted by molar-refractivity contribution is 0.0593. The molecule has 198 valence electrons. The fraction of sp³-hybridized carbons (Fsp3) is 0.276. The van der Waals surface area contributed by atoms with Crippen molar-refractivity contribution >= 4 is 22.6 Å². The predicted octanol–water partition coefficient (Wildman–Crippen LogP) is 4.18. The maximum absolute atomic E-state index is 13.1. The lowest BCUT2D eigenvalue weighted by atomic mass is 10.0. The molecule has 0 unspecified atom stereocenters. The van der Waals surface area contributed by atoms with Gasteiger partial charge < -0.3 is 24.4 Å². The third kappa shape index (κ3) is 5.33. The van der Waals surface area contributed by atoms with Crippen molar-refractivity contribution in [2.45, 2.75) is 6.42 Å². The Hall–Kier alpha value is -4.37. The predicted molar refractivity (Wildman–Crippen MR) is 146 cm³/mol. The van der Waals surface area contributed by atoms with Crippen LogP contribution in [0.2, 0.25) is 0 Å². The van der Waals surface area contributed by atoms with Gasteiger partial charge in [0.05, 0.1) is 38.3 Å². The van der Waals surface area contributed by atoms with Gasteiger partial charge in [-0.15, -0.1) is 0 Å². The van der Waals surface area contributed by atoms with Gasteiger partial charge in [-0.1, -0.05) is 30.3 Å². The first kappa shape index (κ1) is 26.7. The zero-order valence-electron chi connectivity index (χ0n) is 22.3. The molecule has 0 aliphatic rings. The van der Waals surface area contributed by atoms with Crippen LogP contribution in [0.15, 0.2) is 60.7 Å². The maximum Gasteiger partial charge on any atom is 0.358 e. The maximum atomic E-state index is 13.1. The summed E-state index contributed by atoms with van der Waals surface area (Å²) in [5.41, 5.74) is 2.58. The number of hydrogen-bond acceptors (Lipinski definition) is 7. The molecular weight excluding hydrogens is 484 g/mol. The molecule has 0 bridgehead atoms.